The van der Waals surface area contributed by atoms with Crippen LogP contribution in [0.3, 0.4) is 0 Å². The van der Waals surface area contributed by atoms with Gasteiger partial charge >= 0.3 is 0 Å². The van der Waals surface area contributed by atoms with Crippen molar-refractivity contribution in [2.75, 3.05) is 38.3 Å². The zero-order valence-corrected chi connectivity index (χ0v) is 12.4. The Morgan fingerprint density at radius 3 is 2.90 bits per heavy atom. The van der Waals surface area contributed by atoms with Crippen molar-refractivity contribution in [3.05, 3.63) is 24.3 Å². The van der Waals surface area contributed by atoms with Gasteiger partial charge in [0.25, 0.3) is 0 Å². The highest BCUT2D eigenvalue weighted by molar-refractivity contribution is 5.58. The maximum absolute atomic E-state index is 5.72. The molecular weight excluding hydrogens is 252 g/mol. The van der Waals surface area contributed by atoms with Crippen LogP contribution in [0.4, 0.5) is 5.69 Å². The zero-order chi connectivity index (χ0) is 14.2. The van der Waals surface area contributed by atoms with Gasteiger partial charge in [-0.15, -0.1) is 0 Å². The van der Waals surface area contributed by atoms with Gasteiger partial charge in [-0.3, -0.25) is 0 Å². The topological polar surface area (TPSA) is 47.7 Å². The molecule has 1 unspecified atom stereocenters. The Morgan fingerprint density at radius 2 is 2.20 bits per heavy atom. The van der Waals surface area contributed by atoms with E-state index in [1.165, 1.54) is 12.8 Å². The minimum Gasteiger partial charge on any atom is -0.495 e. The summed E-state index contributed by atoms with van der Waals surface area (Å²) in [4.78, 5) is 2.37. The van der Waals surface area contributed by atoms with Gasteiger partial charge in [-0.25, -0.2) is 0 Å². The monoisotopic (exact) mass is 278 g/mol. The van der Waals surface area contributed by atoms with Gasteiger partial charge in [-0.1, -0.05) is 12.1 Å². The number of nitrogens with zero attached hydrogens (tertiary/aromatic N) is 1. The molecule has 1 fully saturated rings. The lowest BCUT2D eigenvalue weighted by atomic mass is 10.1. The lowest BCUT2D eigenvalue weighted by Crippen LogP contribution is -2.29. The largest absolute Gasteiger partial charge is 0.495 e. The van der Waals surface area contributed by atoms with E-state index in [0.717, 1.165) is 44.0 Å². The van der Waals surface area contributed by atoms with E-state index in [9.17, 15) is 0 Å². The number of para-hydroxylation sites is 2. The Kier molecular flexibility index (Phi) is 6.15. The third-order valence-electron chi connectivity index (χ3n) is 3.80. The molecule has 0 amide bonds. The predicted octanol–water partition coefficient (Wildman–Crippen LogP) is 2.42. The van der Waals surface area contributed by atoms with Gasteiger partial charge in [0.05, 0.1) is 18.9 Å². The number of rotatable bonds is 8. The summed E-state index contributed by atoms with van der Waals surface area (Å²) in [5.74, 6) is 0.928. The molecule has 4 heteroatoms. The van der Waals surface area contributed by atoms with Crippen LogP contribution in [0.1, 0.15) is 25.7 Å². The van der Waals surface area contributed by atoms with Crippen molar-refractivity contribution in [3.8, 4) is 5.75 Å². The van der Waals surface area contributed by atoms with E-state index < -0.39 is 0 Å². The SMILES string of the molecule is COc1ccccc1N(CCCN)CCC1CCCO1. The first-order chi connectivity index (χ1) is 9.85. The molecule has 1 aliphatic heterocycles. The minimum atomic E-state index is 0.421. The highest BCUT2D eigenvalue weighted by Gasteiger charge is 2.18. The van der Waals surface area contributed by atoms with Gasteiger partial charge in [0.2, 0.25) is 0 Å². The van der Waals surface area contributed by atoms with Crippen LogP contribution >= 0.6 is 0 Å². The van der Waals surface area contributed by atoms with E-state index in [4.69, 9.17) is 15.2 Å². The van der Waals surface area contributed by atoms with Crippen molar-refractivity contribution in [3.63, 3.8) is 0 Å². The molecule has 2 N–H and O–H groups in total. The fourth-order valence-electron chi connectivity index (χ4n) is 2.70. The Labute approximate surface area is 121 Å². The van der Waals surface area contributed by atoms with Crippen LogP contribution in [0.2, 0.25) is 0 Å². The second kappa shape index (κ2) is 8.12. The fraction of sp³-hybridized carbons (Fsp3) is 0.625. The van der Waals surface area contributed by atoms with Crippen molar-refractivity contribution in [1.29, 1.82) is 0 Å². The Hall–Kier alpha value is -1.26. The van der Waals surface area contributed by atoms with Crippen molar-refractivity contribution < 1.29 is 9.47 Å². The van der Waals surface area contributed by atoms with Crippen LogP contribution in [0.25, 0.3) is 0 Å². The zero-order valence-electron chi connectivity index (χ0n) is 12.4. The van der Waals surface area contributed by atoms with Crippen molar-refractivity contribution in [2.45, 2.75) is 31.8 Å². The molecule has 0 aromatic heterocycles. The van der Waals surface area contributed by atoms with Gasteiger partial charge in [-0.2, -0.15) is 0 Å². The molecule has 0 radical (unpaired) electrons. The molecule has 1 saturated heterocycles. The summed E-state index contributed by atoms with van der Waals surface area (Å²) in [6.45, 7) is 3.59. The predicted molar refractivity (Wildman–Crippen MR) is 82.5 cm³/mol. The number of methoxy groups -OCH3 is 1. The molecule has 1 heterocycles. The van der Waals surface area contributed by atoms with E-state index in [2.05, 4.69) is 17.0 Å². The second-order valence-corrected chi connectivity index (χ2v) is 5.22. The standard InChI is InChI=1S/C16H26N2O2/c1-19-16-8-3-2-7-15(16)18(11-5-10-17)12-9-14-6-4-13-20-14/h2-3,7-8,14H,4-6,9-13,17H2,1H3. The second-order valence-electron chi connectivity index (χ2n) is 5.22. The Balaban J connectivity index is 2.01. The van der Waals surface area contributed by atoms with Crippen LogP contribution in [0.15, 0.2) is 24.3 Å². The number of anilines is 1. The lowest BCUT2D eigenvalue weighted by molar-refractivity contribution is 0.105. The lowest BCUT2D eigenvalue weighted by Gasteiger charge is -2.27. The van der Waals surface area contributed by atoms with E-state index in [-0.39, 0.29) is 0 Å². The average Bonchev–Trinajstić information content (AvgIpc) is 3.01. The van der Waals surface area contributed by atoms with Gasteiger partial charge in [0.15, 0.2) is 0 Å². The summed E-state index contributed by atoms with van der Waals surface area (Å²) < 4.78 is 11.2. The highest BCUT2D eigenvalue weighted by atomic mass is 16.5. The first kappa shape index (κ1) is 15.1. The minimum absolute atomic E-state index is 0.421. The molecule has 1 atom stereocenters. The summed E-state index contributed by atoms with van der Waals surface area (Å²) in [6, 6.07) is 8.19. The Bertz CT molecular complexity index is 392. The average molecular weight is 278 g/mol. The number of ether oxygens (including phenoxy) is 2. The van der Waals surface area contributed by atoms with E-state index in [1.54, 1.807) is 7.11 Å². The molecule has 1 aromatic carbocycles. The molecule has 2 rings (SSSR count). The van der Waals surface area contributed by atoms with Gasteiger partial charge in [0, 0.05) is 19.7 Å². The van der Waals surface area contributed by atoms with Crippen LogP contribution in [0.5, 0.6) is 5.75 Å². The summed E-state index contributed by atoms with van der Waals surface area (Å²) in [5, 5.41) is 0. The number of hydrogen-bond acceptors (Lipinski definition) is 4. The number of benzene rings is 1. The number of hydrogen-bond donors (Lipinski definition) is 1. The quantitative estimate of drug-likeness (QED) is 0.793. The van der Waals surface area contributed by atoms with Crippen LogP contribution in [-0.4, -0.2) is 39.5 Å². The smallest absolute Gasteiger partial charge is 0.142 e. The van der Waals surface area contributed by atoms with Crippen LogP contribution < -0.4 is 15.4 Å². The molecule has 20 heavy (non-hydrogen) atoms. The molecule has 4 nitrogen and oxygen atoms in total. The third-order valence-corrected chi connectivity index (χ3v) is 3.80. The molecule has 1 aromatic rings. The Morgan fingerprint density at radius 1 is 1.35 bits per heavy atom. The van der Waals surface area contributed by atoms with Gasteiger partial charge in [-0.05, 0) is 44.4 Å². The molecule has 0 saturated carbocycles. The maximum Gasteiger partial charge on any atom is 0.142 e. The van der Waals surface area contributed by atoms with Crippen LogP contribution in [-0.2, 0) is 4.74 Å². The summed E-state index contributed by atoms with van der Waals surface area (Å²) in [6.07, 6.45) is 4.87. The van der Waals surface area contributed by atoms with Gasteiger partial charge < -0.3 is 20.1 Å². The summed E-state index contributed by atoms with van der Waals surface area (Å²) in [5.41, 5.74) is 6.82. The maximum atomic E-state index is 5.72. The molecule has 0 bridgehead atoms. The van der Waals surface area contributed by atoms with E-state index >= 15 is 0 Å². The van der Waals surface area contributed by atoms with E-state index in [1.807, 2.05) is 12.1 Å². The van der Waals surface area contributed by atoms with Crippen LogP contribution in [0, 0.1) is 0 Å². The summed E-state index contributed by atoms with van der Waals surface area (Å²) in [7, 11) is 1.72. The molecule has 0 spiro atoms. The molecule has 112 valence electrons. The third kappa shape index (κ3) is 4.12. The molecule has 1 aliphatic rings. The first-order valence-electron chi connectivity index (χ1n) is 7.54. The molecular formula is C16H26N2O2. The van der Waals surface area contributed by atoms with Crippen molar-refractivity contribution >= 4 is 5.69 Å². The highest BCUT2D eigenvalue weighted by Crippen LogP contribution is 2.28. The normalized spacial score (nSPS) is 18.2. The first-order valence-corrected chi connectivity index (χ1v) is 7.54. The number of nitrogens with two attached hydrogens (primary N) is 1. The van der Waals surface area contributed by atoms with Crippen molar-refractivity contribution in [1.82, 2.24) is 0 Å². The summed E-state index contributed by atoms with van der Waals surface area (Å²) >= 11 is 0. The van der Waals surface area contributed by atoms with Gasteiger partial charge in [0.1, 0.15) is 5.75 Å². The fourth-order valence-corrected chi connectivity index (χ4v) is 2.70. The van der Waals surface area contributed by atoms with Crippen molar-refractivity contribution in [2.24, 2.45) is 5.73 Å². The van der Waals surface area contributed by atoms with E-state index in [0.29, 0.717) is 12.6 Å². The molecule has 0 aliphatic carbocycles.